The average molecular weight is 360 g/mol. The number of hydrogen-bond donors (Lipinski definition) is 2. The van der Waals surface area contributed by atoms with Crippen LogP contribution in [0.15, 0.2) is 52.0 Å². The second-order valence-electron chi connectivity index (χ2n) is 6.65. The van der Waals surface area contributed by atoms with E-state index < -0.39 is 0 Å². The number of benzene rings is 1. The summed E-state index contributed by atoms with van der Waals surface area (Å²) in [5.74, 6) is 0.270. The first-order valence-electron chi connectivity index (χ1n) is 8.18. The Labute approximate surface area is 152 Å². The zero-order chi connectivity index (χ0) is 18.3. The molecule has 0 aliphatic rings. The van der Waals surface area contributed by atoms with Crippen molar-refractivity contribution in [3.8, 4) is 0 Å². The third-order valence-corrected chi connectivity index (χ3v) is 4.58. The van der Waals surface area contributed by atoms with Crippen molar-refractivity contribution >= 4 is 23.6 Å². The Morgan fingerprint density at radius 3 is 2.32 bits per heavy atom. The van der Waals surface area contributed by atoms with Crippen molar-refractivity contribution in [3.63, 3.8) is 0 Å². The second kappa shape index (κ2) is 8.76. The summed E-state index contributed by atoms with van der Waals surface area (Å²) in [5, 5.41) is 5.46. The van der Waals surface area contributed by atoms with Crippen molar-refractivity contribution in [2.75, 3.05) is 18.8 Å². The number of rotatable bonds is 7. The minimum atomic E-state index is -0.285. The minimum Gasteiger partial charge on any atom is -0.459 e. The molecular formula is C19H24N2O3S. The van der Waals surface area contributed by atoms with Crippen LogP contribution in [0.25, 0.3) is 0 Å². The molecule has 6 heteroatoms. The summed E-state index contributed by atoms with van der Waals surface area (Å²) in [5.41, 5.74) is 1.40. The van der Waals surface area contributed by atoms with E-state index in [0.717, 1.165) is 4.90 Å². The van der Waals surface area contributed by atoms with Gasteiger partial charge in [0.25, 0.3) is 5.91 Å². The molecule has 0 radical (unpaired) electrons. The van der Waals surface area contributed by atoms with Crippen LogP contribution in [0.4, 0.5) is 0 Å². The van der Waals surface area contributed by atoms with Crippen molar-refractivity contribution in [3.05, 3.63) is 54.0 Å². The Kier molecular flexibility index (Phi) is 6.70. The van der Waals surface area contributed by atoms with Crippen molar-refractivity contribution in [2.24, 2.45) is 0 Å². The molecule has 0 spiro atoms. The maximum atomic E-state index is 11.9. The fourth-order valence-corrected chi connectivity index (χ4v) is 2.85. The Bertz CT molecular complexity index is 688. The molecule has 1 aromatic heterocycles. The smallest absolute Gasteiger partial charge is 0.287 e. The summed E-state index contributed by atoms with van der Waals surface area (Å²) in [7, 11) is 0. The van der Waals surface area contributed by atoms with Gasteiger partial charge in [-0.1, -0.05) is 32.9 Å². The van der Waals surface area contributed by atoms with Crippen LogP contribution in [0.2, 0.25) is 0 Å². The third kappa shape index (κ3) is 6.31. The number of thioether (sulfide) groups is 1. The van der Waals surface area contributed by atoms with Gasteiger partial charge >= 0.3 is 0 Å². The second-order valence-corrected chi connectivity index (χ2v) is 7.69. The van der Waals surface area contributed by atoms with Gasteiger partial charge in [-0.15, -0.1) is 11.8 Å². The number of hydrogen-bond acceptors (Lipinski definition) is 4. The Morgan fingerprint density at radius 2 is 1.72 bits per heavy atom. The van der Waals surface area contributed by atoms with E-state index in [9.17, 15) is 9.59 Å². The van der Waals surface area contributed by atoms with Crippen molar-refractivity contribution < 1.29 is 14.0 Å². The topological polar surface area (TPSA) is 71.3 Å². The molecule has 1 heterocycles. The van der Waals surface area contributed by atoms with Gasteiger partial charge in [0, 0.05) is 18.0 Å². The van der Waals surface area contributed by atoms with E-state index in [4.69, 9.17) is 4.42 Å². The zero-order valence-electron chi connectivity index (χ0n) is 14.8. The van der Waals surface area contributed by atoms with Gasteiger partial charge in [-0.05, 0) is 35.2 Å². The van der Waals surface area contributed by atoms with Gasteiger partial charge in [-0.2, -0.15) is 0 Å². The van der Waals surface area contributed by atoms with Gasteiger partial charge in [-0.25, -0.2) is 0 Å². The van der Waals surface area contributed by atoms with Gasteiger partial charge in [0.15, 0.2) is 5.76 Å². The monoisotopic (exact) mass is 360 g/mol. The molecule has 0 saturated carbocycles. The molecule has 0 fully saturated rings. The summed E-state index contributed by atoms with van der Waals surface area (Å²) in [6.07, 6.45) is 1.45. The summed E-state index contributed by atoms with van der Waals surface area (Å²) in [6, 6.07) is 11.5. The molecule has 2 aromatic rings. The van der Waals surface area contributed by atoms with E-state index in [-0.39, 0.29) is 23.0 Å². The predicted octanol–water partition coefficient (Wildman–Crippen LogP) is 3.22. The number of carbonyl (C=O) groups excluding carboxylic acids is 2. The summed E-state index contributed by atoms with van der Waals surface area (Å²) in [4.78, 5) is 24.6. The molecule has 0 saturated heterocycles. The van der Waals surface area contributed by atoms with Gasteiger partial charge in [0.2, 0.25) is 5.91 Å². The lowest BCUT2D eigenvalue weighted by atomic mass is 9.87. The lowest BCUT2D eigenvalue weighted by Gasteiger charge is -2.19. The first-order chi connectivity index (χ1) is 11.9. The highest BCUT2D eigenvalue weighted by Gasteiger charge is 2.13. The summed E-state index contributed by atoms with van der Waals surface area (Å²) < 4.78 is 4.99. The molecule has 2 amide bonds. The van der Waals surface area contributed by atoms with Gasteiger partial charge in [0.1, 0.15) is 0 Å². The molecule has 5 nitrogen and oxygen atoms in total. The lowest BCUT2D eigenvalue weighted by molar-refractivity contribution is -0.118. The normalized spacial score (nSPS) is 11.2. The van der Waals surface area contributed by atoms with Crippen LogP contribution in [0.5, 0.6) is 0 Å². The highest BCUT2D eigenvalue weighted by atomic mass is 32.2. The Hall–Kier alpha value is -2.21. The van der Waals surface area contributed by atoms with E-state index in [1.807, 2.05) is 12.1 Å². The van der Waals surface area contributed by atoms with Crippen molar-refractivity contribution in [2.45, 2.75) is 31.1 Å². The van der Waals surface area contributed by atoms with Gasteiger partial charge in [0.05, 0.1) is 12.0 Å². The van der Waals surface area contributed by atoms with Crippen LogP contribution < -0.4 is 10.6 Å². The number of nitrogens with one attached hydrogen (secondary N) is 2. The standard InChI is InChI=1S/C19H24N2O3S/c1-19(2,3)14-6-8-15(9-7-14)25-13-17(22)20-10-11-21-18(23)16-5-4-12-24-16/h4-9,12H,10-11,13H2,1-3H3,(H,20,22)(H,21,23). The highest BCUT2D eigenvalue weighted by molar-refractivity contribution is 8.00. The summed E-state index contributed by atoms with van der Waals surface area (Å²) in [6.45, 7) is 7.26. The number of amides is 2. The predicted molar refractivity (Wildman–Crippen MR) is 99.9 cm³/mol. The fourth-order valence-electron chi connectivity index (χ4n) is 2.12. The molecule has 0 bridgehead atoms. The van der Waals surface area contributed by atoms with Crippen LogP contribution in [0, 0.1) is 0 Å². The zero-order valence-corrected chi connectivity index (χ0v) is 15.6. The Balaban J connectivity index is 1.64. The summed E-state index contributed by atoms with van der Waals surface area (Å²) >= 11 is 1.50. The van der Waals surface area contributed by atoms with Crippen molar-refractivity contribution in [1.29, 1.82) is 0 Å². The van der Waals surface area contributed by atoms with E-state index >= 15 is 0 Å². The molecular weight excluding hydrogens is 336 g/mol. The molecule has 134 valence electrons. The Morgan fingerprint density at radius 1 is 1.04 bits per heavy atom. The largest absolute Gasteiger partial charge is 0.459 e. The molecule has 0 atom stereocenters. The van der Waals surface area contributed by atoms with E-state index in [2.05, 4.69) is 43.5 Å². The fraction of sp³-hybridized carbons (Fsp3) is 0.368. The van der Waals surface area contributed by atoms with Crippen LogP contribution >= 0.6 is 11.8 Å². The SMILES string of the molecule is CC(C)(C)c1ccc(SCC(=O)NCCNC(=O)c2ccco2)cc1. The van der Waals surface area contributed by atoms with Crippen molar-refractivity contribution in [1.82, 2.24) is 10.6 Å². The maximum Gasteiger partial charge on any atom is 0.287 e. The van der Waals surface area contributed by atoms with E-state index in [0.29, 0.717) is 18.8 Å². The van der Waals surface area contributed by atoms with Crippen LogP contribution in [-0.4, -0.2) is 30.7 Å². The van der Waals surface area contributed by atoms with Crippen LogP contribution in [0.1, 0.15) is 36.9 Å². The van der Waals surface area contributed by atoms with E-state index in [1.54, 1.807) is 12.1 Å². The van der Waals surface area contributed by atoms with Gasteiger partial charge in [-0.3, -0.25) is 9.59 Å². The maximum absolute atomic E-state index is 11.9. The molecule has 2 rings (SSSR count). The molecule has 0 aliphatic heterocycles. The number of furan rings is 1. The quantitative estimate of drug-likeness (QED) is 0.587. The van der Waals surface area contributed by atoms with Gasteiger partial charge < -0.3 is 15.1 Å². The first-order valence-corrected chi connectivity index (χ1v) is 9.16. The van der Waals surface area contributed by atoms with Crippen LogP contribution in [0.3, 0.4) is 0 Å². The minimum absolute atomic E-state index is 0.0582. The highest BCUT2D eigenvalue weighted by Crippen LogP contribution is 2.25. The molecule has 0 aliphatic carbocycles. The average Bonchev–Trinajstić information content (AvgIpc) is 3.11. The third-order valence-electron chi connectivity index (χ3n) is 3.57. The van der Waals surface area contributed by atoms with E-state index in [1.165, 1.54) is 23.6 Å². The number of carbonyl (C=O) groups is 2. The molecule has 25 heavy (non-hydrogen) atoms. The molecule has 1 aromatic carbocycles. The van der Waals surface area contributed by atoms with Crippen LogP contribution in [-0.2, 0) is 10.2 Å². The first kappa shape index (κ1) is 19.1. The lowest BCUT2D eigenvalue weighted by Crippen LogP contribution is -2.35. The molecule has 0 unspecified atom stereocenters. The molecule has 2 N–H and O–H groups in total.